The highest BCUT2D eigenvalue weighted by atomic mass is 35.5. The molecule has 0 unspecified atom stereocenters. The highest BCUT2D eigenvalue weighted by Gasteiger charge is 2.13. The molecule has 2 nitrogen and oxygen atoms in total. The Morgan fingerprint density at radius 3 is 2.60 bits per heavy atom. The quantitative estimate of drug-likeness (QED) is 0.868. The number of hydrogen-bond acceptors (Lipinski definition) is 2. The lowest BCUT2D eigenvalue weighted by Gasteiger charge is -2.23. The number of aryl methyl sites for hydroxylation is 1. The van der Waals surface area contributed by atoms with Gasteiger partial charge in [0.25, 0.3) is 0 Å². The first-order valence-electron chi connectivity index (χ1n) is 6.34. The molecule has 2 N–H and O–H groups in total. The summed E-state index contributed by atoms with van der Waals surface area (Å²) in [6, 6.07) is 14.1. The van der Waals surface area contributed by atoms with E-state index in [2.05, 4.69) is 36.1 Å². The van der Waals surface area contributed by atoms with Crippen LogP contribution in [0.5, 0.6) is 0 Å². The Bertz CT molecular complexity index is 640. The topological polar surface area (TPSA) is 29.3 Å². The molecule has 2 aromatic rings. The summed E-state index contributed by atoms with van der Waals surface area (Å²) in [5, 5.41) is 0.589. The van der Waals surface area contributed by atoms with Crippen molar-refractivity contribution >= 4 is 34.5 Å². The maximum absolute atomic E-state index is 6.20. The summed E-state index contributed by atoms with van der Waals surface area (Å²) in [5.74, 6) is 0. The zero-order chi connectivity index (χ0) is 14.7. The fourth-order valence-electron chi connectivity index (χ4n) is 2.24. The number of nitrogens with zero attached hydrogens (tertiary/aromatic N) is 1. The average Bonchev–Trinajstić information content (AvgIpc) is 2.37. The summed E-state index contributed by atoms with van der Waals surface area (Å²) < 4.78 is 0. The third kappa shape index (κ3) is 3.30. The third-order valence-corrected chi connectivity index (χ3v) is 3.67. The molecule has 0 bridgehead atoms. The Labute approximate surface area is 130 Å². The van der Waals surface area contributed by atoms with Crippen LogP contribution >= 0.6 is 23.8 Å². The van der Waals surface area contributed by atoms with Gasteiger partial charge in [-0.1, -0.05) is 59.7 Å². The average molecular weight is 305 g/mol. The molecule has 4 heteroatoms. The molecule has 20 heavy (non-hydrogen) atoms. The van der Waals surface area contributed by atoms with E-state index in [1.54, 1.807) is 6.07 Å². The van der Waals surface area contributed by atoms with Crippen molar-refractivity contribution in [3.63, 3.8) is 0 Å². The number of benzene rings is 2. The Morgan fingerprint density at radius 2 is 1.95 bits per heavy atom. The van der Waals surface area contributed by atoms with Crippen molar-refractivity contribution in [3.05, 3.63) is 64.2 Å². The molecule has 0 atom stereocenters. The molecule has 0 spiro atoms. The van der Waals surface area contributed by atoms with Crippen LogP contribution in [0, 0.1) is 6.92 Å². The normalized spacial score (nSPS) is 10.3. The van der Waals surface area contributed by atoms with Crippen LogP contribution in [-0.2, 0) is 6.54 Å². The standard InChI is InChI=1S/C16H17ClN2S/c1-11-5-3-6-12(9-11)10-19(2)14-8-4-7-13(17)15(14)16(18)20/h3-9H,10H2,1-2H3,(H2,18,20). The van der Waals surface area contributed by atoms with Crippen molar-refractivity contribution in [2.45, 2.75) is 13.5 Å². The number of anilines is 1. The molecule has 0 saturated carbocycles. The Kier molecular flexibility index (Phi) is 4.63. The van der Waals surface area contributed by atoms with Crippen molar-refractivity contribution in [3.8, 4) is 0 Å². The van der Waals surface area contributed by atoms with Gasteiger partial charge in [0, 0.05) is 19.3 Å². The molecule has 0 fully saturated rings. The zero-order valence-electron chi connectivity index (χ0n) is 11.6. The van der Waals surface area contributed by atoms with Crippen molar-refractivity contribution in [2.24, 2.45) is 5.73 Å². The lowest BCUT2D eigenvalue weighted by Crippen LogP contribution is -2.21. The third-order valence-electron chi connectivity index (χ3n) is 3.15. The van der Waals surface area contributed by atoms with Gasteiger partial charge in [0.1, 0.15) is 4.99 Å². The number of hydrogen-bond donors (Lipinski definition) is 1. The van der Waals surface area contributed by atoms with Gasteiger partial charge in [0.05, 0.1) is 10.6 Å². The fourth-order valence-corrected chi connectivity index (χ4v) is 2.79. The van der Waals surface area contributed by atoms with E-state index < -0.39 is 0 Å². The van der Waals surface area contributed by atoms with Crippen molar-refractivity contribution in [1.29, 1.82) is 0 Å². The van der Waals surface area contributed by atoms with Crippen LogP contribution in [0.25, 0.3) is 0 Å². The van der Waals surface area contributed by atoms with Gasteiger partial charge in [0.2, 0.25) is 0 Å². The molecular weight excluding hydrogens is 288 g/mol. The van der Waals surface area contributed by atoms with Gasteiger partial charge >= 0.3 is 0 Å². The second-order valence-electron chi connectivity index (χ2n) is 4.84. The summed E-state index contributed by atoms with van der Waals surface area (Å²) in [7, 11) is 2.01. The first-order valence-corrected chi connectivity index (χ1v) is 7.12. The molecule has 0 amide bonds. The second-order valence-corrected chi connectivity index (χ2v) is 5.69. The molecule has 2 rings (SSSR count). The van der Waals surface area contributed by atoms with E-state index in [0.717, 1.165) is 17.8 Å². The van der Waals surface area contributed by atoms with Crippen LogP contribution in [0.3, 0.4) is 0 Å². The van der Waals surface area contributed by atoms with Gasteiger partial charge in [-0.2, -0.15) is 0 Å². The zero-order valence-corrected chi connectivity index (χ0v) is 13.1. The van der Waals surface area contributed by atoms with Crippen LogP contribution in [0.2, 0.25) is 5.02 Å². The van der Waals surface area contributed by atoms with E-state index in [4.69, 9.17) is 29.6 Å². The molecular formula is C16H17ClN2S. The Balaban J connectivity index is 2.32. The molecule has 0 aliphatic heterocycles. The van der Waals surface area contributed by atoms with E-state index in [9.17, 15) is 0 Å². The highest BCUT2D eigenvalue weighted by Crippen LogP contribution is 2.27. The van der Waals surface area contributed by atoms with Crippen LogP contribution in [0.4, 0.5) is 5.69 Å². The number of nitrogens with two attached hydrogens (primary N) is 1. The smallest absolute Gasteiger partial charge is 0.107 e. The first-order chi connectivity index (χ1) is 9.49. The Morgan fingerprint density at radius 1 is 1.25 bits per heavy atom. The minimum atomic E-state index is 0.321. The molecule has 0 saturated heterocycles. The van der Waals surface area contributed by atoms with Gasteiger partial charge in [-0.3, -0.25) is 0 Å². The monoisotopic (exact) mass is 304 g/mol. The number of rotatable bonds is 4. The first kappa shape index (κ1) is 14.8. The molecule has 0 aliphatic rings. The summed E-state index contributed by atoms with van der Waals surface area (Å²) in [5.41, 5.74) is 9.96. The van der Waals surface area contributed by atoms with Gasteiger partial charge in [-0.25, -0.2) is 0 Å². The molecule has 0 heterocycles. The van der Waals surface area contributed by atoms with Gasteiger partial charge in [-0.15, -0.1) is 0 Å². The summed E-state index contributed by atoms with van der Waals surface area (Å²) in [6.07, 6.45) is 0. The van der Waals surface area contributed by atoms with Crippen molar-refractivity contribution in [2.75, 3.05) is 11.9 Å². The lowest BCUT2D eigenvalue weighted by molar-refractivity contribution is 0.920. The minimum Gasteiger partial charge on any atom is -0.389 e. The maximum Gasteiger partial charge on any atom is 0.107 e. The lowest BCUT2D eigenvalue weighted by atomic mass is 10.1. The van der Waals surface area contributed by atoms with E-state index in [1.807, 2.05) is 19.2 Å². The van der Waals surface area contributed by atoms with Crippen LogP contribution in [0.15, 0.2) is 42.5 Å². The van der Waals surface area contributed by atoms with E-state index >= 15 is 0 Å². The van der Waals surface area contributed by atoms with Crippen LogP contribution in [0.1, 0.15) is 16.7 Å². The summed E-state index contributed by atoms with van der Waals surface area (Å²) in [4.78, 5) is 2.43. The predicted octanol–water partition coefficient (Wildman–Crippen LogP) is 3.92. The van der Waals surface area contributed by atoms with E-state index in [1.165, 1.54) is 11.1 Å². The number of halogens is 1. The largest absolute Gasteiger partial charge is 0.389 e. The molecule has 0 radical (unpaired) electrons. The molecule has 104 valence electrons. The summed E-state index contributed by atoms with van der Waals surface area (Å²) >= 11 is 11.3. The van der Waals surface area contributed by atoms with E-state index in [0.29, 0.717) is 10.0 Å². The predicted molar refractivity (Wildman–Crippen MR) is 90.6 cm³/mol. The maximum atomic E-state index is 6.20. The van der Waals surface area contributed by atoms with Crippen molar-refractivity contribution in [1.82, 2.24) is 0 Å². The van der Waals surface area contributed by atoms with Gasteiger partial charge in [-0.05, 0) is 24.6 Å². The second kappa shape index (κ2) is 6.25. The molecule has 2 aromatic carbocycles. The van der Waals surface area contributed by atoms with Gasteiger partial charge in [0.15, 0.2) is 0 Å². The van der Waals surface area contributed by atoms with Crippen molar-refractivity contribution < 1.29 is 0 Å². The minimum absolute atomic E-state index is 0.321. The van der Waals surface area contributed by atoms with Crippen LogP contribution < -0.4 is 10.6 Å². The van der Waals surface area contributed by atoms with Gasteiger partial charge < -0.3 is 10.6 Å². The van der Waals surface area contributed by atoms with E-state index in [-0.39, 0.29) is 0 Å². The molecule has 0 aliphatic carbocycles. The number of thiocarbonyl (C=S) groups is 1. The highest BCUT2D eigenvalue weighted by molar-refractivity contribution is 7.80. The summed E-state index contributed by atoms with van der Waals surface area (Å²) in [6.45, 7) is 2.86. The molecule has 0 aromatic heterocycles. The fraction of sp³-hybridized carbons (Fsp3) is 0.188. The van der Waals surface area contributed by atoms with Crippen LogP contribution in [-0.4, -0.2) is 12.0 Å². The Hall–Kier alpha value is -1.58. The SMILES string of the molecule is Cc1cccc(CN(C)c2cccc(Cl)c2C(N)=S)c1.